The highest BCUT2D eigenvalue weighted by Gasteiger charge is 2.16. The number of carbonyl (C=O) groups excluding carboxylic acids is 1. The fourth-order valence-corrected chi connectivity index (χ4v) is 2.47. The Morgan fingerprint density at radius 2 is 1.89 bits per heavy atom. The van der Waals surface area contributed by atoms with Crippen LogP contribution < -0.4 is 11.1 Å². The Morgan fingerprint density at radius 1 is 1.28 bits per heavy atom. The van der Waals surface area contributed by atoms with Gasteiger partial charge >= 0.3 is 0 Å². The number of amides is 1. The van der Waals surface area contributed by atoms with Gasteiger partial charge in [-0.05, 0) is 19.3 Å². The molecule has 2 unspecified atom stereocenters. The average Bonchev–Trinajstić information content (AvgIpc) is 2.80. The van der Waals surface area contributed by atoms with Gasteiger partial charge < -0.3 is 11.1 Å². The van der Waals surface area contributed by atoms with E-state index in [2.05, 4.69) is 5.32 Å². The Kier molecular flexibility index (Phi) is 9.47. The third-order valence-electron chi connectivity index (χ3n) is 4.02. The largest absolute Gasteiger partial charge is 0.356 e. The Balaban J connectivity index is 0.00000289. The molecule has 0 bridgehead atoms. The van der Waals surface area contributed by atoms with Crippen LogP contribution in [-0.4, -0.2) is 18.5 Å². The van der Waals surface area contributed by atoms with Crippen molar-refractivity contribution in [2.45, 2.75) is 64.8 Å². The number of nitrogens with one attached hydrogen (secondary N) is 1. The van der Waals surface area contributed by atoms with E-state index in [9.17, 15) is 4.79 Å². The summed E-state index contributed by atoms with van der Waals surface area (Å²) in [6.07, 6.45) is 9.40. The minimum atomic E-state index is -0.0789. The van der Waals surface area contributed by atoms with Crippen LogP contribution in [0.15, 0.2) is 0 Å². The molecule has 0 heterocycles. The Labute approximate surface area is 118 Å². The first-order chi connectivity index (χ1) is 8.11. The van der Waals surface area contributed by atoms with E-state index in [-0.39, 0.29) is 30.3 Å². The van der Waals surface area contributed by atoms with Gasteiger partial charge in [-0.15, -0.1) is 12.4 Å². The zero-order chi connectivity index (χ0) is 12.7. The van der Waals surface area contributed by atoms with Crippen molar-refractivity contribution in [2.24, 2.45) is 17.6 Å². The lowest BCUT2D eigenvalue weighted by molar-refractivity contribution is -0.124. The normalized spacial score (nSPS) is 19.1. The van der Waals surface area contributed by atoms with Crippen LogP contribution in [0, 0.1) is 11.8 Å². The third kappa shape index (κ3) is 6.60. The summed E-state index contributed by atoms with van der Waals surface area (Å²) in [4.78, 5) is 11.6. The van der Waals surface area contributed by atoms with Crippen molar-refractivity contribution in [2.75, 3.05) is 6.54 Å². The van der Waals surface area contributed by atoms with Gasteiger partial charge in [0.1, 0.15) is 0 Å². The van der Waals surface area contributed by atoms with Gasteiger partial charge in [0, 0.05) is 18.5 Å². The first-order valence-corrected chi connectivity index (χ1v) is 7.14. The molecule has 0 aliphatic heterocycles. The second-order valence-electron chi connectivity index (χ2n) is 5.59. The molecule has 1 amide bonds. The van der Waals surface area contributed by atoms with Gasteiger partial charge in [-0.2, -0.15) is 0 Å². The lowest BCUT2D eigenvalue weighted by Crippen LogP contribution is -2.38. The Hall–Kier alpha value is -0.280. The van der Waals surface area contributed by atoms with Gasteiger partial charge in [-0.1, -0.05) is 45.4 Å². The Bertz CT molecular complexity index is 228. The summed E-state index contributed by atoms with van der Waals surface area (Å²) in [5.41, 5.74) is 5.69. The molecule has 0 aromatic rings. The summed E-state index contributed by atoms with van der Waals surface area (Å²) in [7, 11) is 0. The van der Waals surface area contributed by atoms with Crippen LogP contribution in [0.25, 0.3) is 0 Å². The van der Waals surface area contributed by atoms with E-state index in [0.717, 1.165) is 18.9 Å². The molecule has 1 rings (SSSR count). The summed E-state index contributed by atoms with van der Waals surface area (Å²) in [6, 6.07) is -0.0616. The SMILES string of the molecule is CC(N)C(C)C(=O)NCCCCC1CCCC1.Cl. The second kappa shape index (κ2) is 9.62. The standard InChI is InChI=1S/C14H28N2O.ClH/c1-11(12(2)15)14(17)16-10-6-5-9-13-7-3-4-8-13;/h11-13H,3-10,15H2,1-2H3,(H,16,17);1H. The van der Waals surface area contributed by atoms with Gasteiger partial charge in [-0.3, -0.25) is 4.79 Å². The van der Waals surface area contributed by atoms with Crippen LogP contribution in [0.4, 0.5) is 0 Å². The van der Waals surface area contributed by atoms with E-state index in [0.29, 0.717) is 0 Å². The van der Waals surface area contributed by atoms with Crippen molar-refractivity contribution in [3.05, 3.63) is 0 Å². The van der Waals surface area contributed by atoms with E-state index in [1.165, 1.54) is 38.5 Å². The lowest BCUT2D eigenvalue weighted by atomic mass is 10.0. The van der Waals surface area contributed by atoms with Crippen molar-refractivity contribution in [1.82, 2.24) is 5.32 Å². The van der Waals surface area contributed by atoms with Crippen LogP contribution >= 0.6 is 12.4 Å². The van der Waals surface area contributed by atoms with Gasteiger partial charge in [0.15, 0.2) is 0 Å². The maximum atomic E-state index is 11.6. The molecule has 0 saturated heterocycles. The van der Waals surface area contributed by atoms with Crippen LogP contribution in [0.3, 0.4) is 0 Å². The molecule has 3 nitrogen and oxygen atoms in total. The fourth-order valence-electron chi connectivity index (χ4n) is 2.47. The summed E-state index contributed by atoms with van der Waals surface area (Å²) in [5, 5.41) is 2.97. The summed E-state index contributed by atoms with van der Waals surface area (Å²) in [5.74, 6) is 0.986. The number of hydrogen-bond acceptors (Lipinski definition) is 2. The third-order valence-corrected chi connectivity index (χ3v) is 4.02. The number of hydrogen-bond donors (Lipinski definition) is 2. The molecule has 2 atom stereocenters. The number of rotatable bonds is 7. The first kappa shape index (κ1) is 17.7. The molecule has 1 fully saturated rings. The first-order valence-electron chi connectivity index (χ1n) is 7.14. The maximum Gasteiger partial charge on any atom is 0.224 e. The van der Waals surface area contributed by atoms with E-state index < -0.39 is 0 Å². The molecule has 1 saturated carbocycles. The monoisotopic (exact) mass is 276 g/mol. The van der Waals surface area contributed by atoms with Crippen molar-refractivity contribution in [3.63, 3.8) is 0 Å². The molecule has 0 radical (unpaired) electrons. The van der Waals surface area contributed by atoms with Gasteiger partial charge in [-0.25, -0.2) is 0 Å². The minimum Gasteiger partial charge on any atom is -0.356 e. The van der Waals surface area contributed by atoms with Crippen LogP contribution in [0.5, 0.6) is 0 Å². The maximum absolute atomic E-state index is 11.6. The van der Waals surface area contributed by atoms with Gasteiger partial charge in [0.05, 0.1) is 0 Å². The predicted octanol–water partition coefficient (Wildman–Crippen LogP) is 2.87. The molecule has 4 heteroatoms. The van der Waals surface area contributed by atoms with Crippen molar-refractivity contribution >= 4 is 18.3 Å². The summed E-state index contributed by atoms with van der Waals surface area (Å²) < 4.78 is 0. The topological polar surface area (TPSA) is 55.1 Å². The smallest absolute Gasteiger partial charge is 0.224 e. The van der Waals surface area contributed by atoms with E-state index in [1.807, 2.05) is 13.8 Å². The molecule has 0 aromatic carbocycles. The minimum absolute atomic E-state index is 0. The quantitative estimate of drug-likeness (QED) is 0.703. The molecule has 18 heavy (non-hydrogen) atoms. The Morgan fingerprint density at radius 3 is 2.44 bits per heavy atom. The number of unbranched alkanes of at least 4 members (excludes halogenated alkanes) is 1. The molecule has 1 aliphatic rings. The predicted molar refractivity (Wildman–Crippen MR) is 78.9 cm³/mol. The molecule has 108 valence electrons. The molecule has 0 aromatic heterocycles. The molecular weight excluding hydrogens is 248 g/mol. The molecule has 0 spiro atoms. The number of halogens is 1. The van der Waals surface area contributed by atoms with Gasteiger partial charge in [0.2, 0.25) is 5.91 Å². The highest BCUT2D eigenvalue weighted by molar-refractivity contribution is 5.85. The van der Waals surface area contributed by atoms with Crippen molar-refractivity contribution in [1.29, 1.82) is 0 Å². The fraction of sp³-hybridized carbons (Fsp3) is 0.929. The van der Waals surface area contributed by atoms with Crippen LogP contribution in [0.1, 0.15) is 58.8 Å². The average molecular weight is 277 g/mol. The highest BCUT2D eigenvalue weighted by atomic mass is 35.5. The lowest BCUT2D eigenvalue weighted by Gasteiger charge is -2.15. The zero-order valence-corrected chi connectivity index (χ0v) is 12.6. The van der Waals surface area contributed by atoms with E-state index >= 15 is 0 Å². The number of carbonyl (C=O) groups is 1. The van der Waals surface area contributed by atoms with E-state index in [1.54, 1.807) is 0 Å². The zero-order valence-electron chi connectivity index (χ0n) is 11.8. The van der Waals surface area contributed by atoms with Crippen LogP contribution in [-0.2, 0) is 4.79 Å². The van der Waals surface area contributed by atoms with Crippen molar-refractivity contribution in [3.8, 4) is 0 Å². The van der Waals surface area contributed by atoms with Gasteiger partial charge in [0.25, 0.3) is 0 Å². The molecule has 1 aliphatic carbocycles. The summed E-state index contributed by atoms with van der Waals surface area (Å²) in [6.45, 7) is 4.57. The van der Waals surface area contributed by atoms with Crippen LogP contribution in [0.2, 0.25) is 0 Å². The van der Waals surface area contributed by atoms with Crippen molar-refractivity contribution < 1.29 is 4.79 Å². The highest BCUT2D eigenvalue weighted by Crippen LogP contribution is 2.28. The second-order valence-corrected chi connectivity index (χ2v) is 5.59. The molecular formula is C14H29ClN2O. The number of nitrogens with two attached hydrogens (primary N) is 1. The van der Waals surface area contributed by atoms with E-state index in [4.69, 9.17) is 5.73 Å². The summed E-state index contributed by atoms with van der Waals surface area (Å²) >= 11 is 0. The molecule has 3 N–H and O–H groups in total.